The number of hydrogen-bond donors (Lipinski definition) is 2. The first-order valence-electron chi connectivity index (χ1n) is 11.7. The summed E-state index contributed by atoms with van der Waals surface area (Å²) in [6.45, 7) is 7.00. The van der Waals surface area contributed by atoms with Crippen LogP contribution in [0.5, 0.6) is 0 Å². The highest BCUT2D eigenvalue weighted by molar-refractivity contribution is 7.90. The average molecular weight is 528 g/mol. The van der Waals surface area contributed by atoms with E-state index >= 15 is 0 Å². The number of ether oxygens (including phenoxy) is 1. The van der Waals surface area contributed by atoms with E-state index in [9.17, 15) is 18.0 Å². The summed E-state index contributed by atoms with van der Waals surface area (Å²) in [6, 6.07) is 14.0. The SMILES string of the molecule is COC(=O)c1cccc(Nc2cccc(S(=O)(=O)NC(=O)c3cccnc3N3CC(C)CC3(C)C)n2)c1.[HH].[HH]. The third-order valence-electron chi connectivity index (χ3n) is 6.14. The number of carbonyl (C=O) groups excluding carboxylic acids is 2. The summed E-state index contributed by atoms with van der Waals surface area (Å²) in [4.78, 5) is 35.6. The third kappa shape index (κ3) is 5.72. The average Bonchev–Trinajstić information content (AvgIpc) is 3.15. The van der Waals surface area contributed by atoms with Gasteiger partial charge in [0.05, 0.1) is 18.2 Å². The first-order valence-corrected chi connectivity index (χ1v) is 13.2. The van der Waals surface area contributed by atoms with E-state index in [1.54, 1.807) is 48.7 Å². The van der Waals surface area contributed by atoms with E-state index in [0.717, 1.165) is 6.42 Å². The summed E-state index contributed by atoms with van der Waals surface area (Å²) in [6.07, 6.45) is 2.51. The van der Waals surface area contributed by atoms with Crippen molar-refractivity contribution in [3.8, 4) is 0 Å². The number of nitrogens with one attached hydrogen (secondary N) is 2. The Hall–Kier alpha value is -3.99. The summed E-state index contributed by atoms with van der Waals surface area (Å²) in [5, 5.41) is 2.63. The number of benzene rings is 1. The second-order valence-corrected chi connectivity index (χ2v) is 11.2. The number of carbonyl (C=O) groups is 2. The van der Waals surface area contributed by atoms with Crippen LogP contribution in [0.1, 0.15) is 50.8 Å². The Labute approximate surface area is 219 Å². The van der Waals surface area contributed by atoms with Crippen LogP contribution >= 0.6 is 0 Å². The molecule has 3 aromatic rings. The lowest BCUT2D eigenvalue weighted by Crippen LogP contribution is -2.41. The molecule has 1 saturated heterocycles. The quantitative estimate of drug-likeness (QED) is 0.433. The van der Waals surface area contributed by atoms with Gasteiger partial charge in [-0.05, 0) is 68.7 Å². The van der Waals surface area contributed by atoms with E-state index in [1.165, 1.54) is 19.2 Å². The Morgan fingerprint density at radius 1 is 1.14 bits per heavy atom. The number of pyridine rings is 2. The number of methoxy groups -OCH3 is 1. The summed E-state index contributed by atoms with van der Waals surface area (Å²) in [5.41, 5.74) is 0.777. The summed E-state index contributed by atoms with van der Waals surface area (Å²) in [7, 11) is -3.01. The van der Waals surface area contributed by atoms with Gasteiger partial charge < -0.3 is 15.0 Å². The van der Waals surface area contributed by atoms with Crippen molar-refractivity contribution in [1.82, 2.24) is 14.7 Å². The second kappa shape index (κ2) is 10.2. The number of amides is 1. The zero-order valence-corrected chi connectivity index (χ0v) is 21.9. The predicted molar refractivity (Wildman–Crippen MR) is 144 cm³/mol. The van der Waals surface area contributed by atoms with Crippen LogP contribution < -0.4 is 14.9 Å². The van der Waals surface area contributed by atoms with Crippen molar-refractivity contribution in [1.29, 1.82) is 0 Å². The van der Waals surface area contributed by atoms with Crippen molar-refractivity contribution >= 4 is 39.2 Å². The fourth-order valence-electron chi connectivity index (χ4n) is 4.60. The number of aromatic nitrogens is 2. The largest absolute Gasteiger partial charge is 0.465 e. The van der Waals surface area contributed by atoms with Crippen molar-refractivity contribution in [2.24, 2.45) is 5.92 Å². The molecule has 4 rings (SSSR count). The molecule has 11 heteroatoms. The molecule has 0 radical (unpaired) electrons. The van der Waals surface area contributed by atoms with Gasteiger partial charge in [0.1, 0.15) is 11.6 Å². The molecular formula is C26H33N5O5S. The molecule has 0 bridgehead atoms. The van der Waals surface area contributed by atoms with Gasteiger partial charge in [-0.15, -0.1) is 0 Å². The first kappa shape index (κ1) is 26.1. The molecule has 198 valence electrons. The number of rotatable bonds is 7. The van der Waals surface area contributed by atoms with Gasteiger partial charge in [0, 0.05) is 26.8 Å². The minimum absolute atomic E-state index is 0. The van der Waals surface area contributed by atoms with Crippen molar-refractivity contribution in [2.45, 2.75) is 37.8 Å². The van der Waals surface area contributed by atoms with Crippen molar-refractivity contribution in [3.05, 3.63) is 71.9 Å². The number of sulfonamides is 1. The molecule has 1 aromatic carbocycles. The molecular weight excluding hydrogens is 494 g/mol. The normalized spacial score (nSPS) is 16.8. The van der Waals surface area contributed by atoms with E-state index < -0.39 is 21.9 Å². The smallest absolute Gasteiger partial charge is 0.337 e. The summed E-state index contributed by atoms with van der Waals surface area (Å²) < 4.78 is 33.1. The van der Waals surface area contributed by atoms with Crippen LogP contribution in [0.2, 0.25) is 0 Å². The zero-order valence-electron chi connectivity index (χ0n) is 21.1. The lowest BCUT2D eigenvalue weighted by atomic mass is 9.97. The molecule has 1 atom stereocenters. The summed E-state index contributed by atoms with van der Waals surface area (Å²) >= 11 is 0. The topological polar surface area (TPSA) is 131 Å². The Morgan fingerprint density at radius 2 is 1.89 bits per heavy atom. The highest BCUT2D eigenvalue weighted by atomic mass is 32.2. The molecule has 3 heterocycles. The predicted octanol–water partition coefficient (Wildman–Crippen LogP) is 4.24. The van der Waals surface area contributed by atoms with Gasteiger partial charge in [0.15, 0.2) is 5.03 Å². The van der Waals surface area contributed by atoms with Crippen molar-refractivity contribution < 1.29 is 25.6 Å². The third-order valence-corrected chi connectivity index (χ3v) is 7.37. The molecule has 1 aliphatic heterocycles. The Kier molecular flexibility index (Phi) is 7.17. The van der Waals surface area contributed by atoms with Crippen LogP contribution in [-0.2, 0) is 14.8 Å². The summed E-state index contributed by atoms with van der Waals surface area (Å²) in [5.74, 6) is -0.225. The van der Waals surface area contributed by atoms with E-state index in [-0.39, 0.29) is 24.8 Å². The molecule has 1 fully saturated rings. The Morgan fingerprint density at radius 3 is 2.59 bits per heavy atom. The van der Waals surface area contributed by atoms with Crippen LogP contribution in [0, 0.1) is 5.92 Å². The van der Waals surface area contributed by atoms with Crippen LogP contribution in [-0.4, -0.2) is 49.5 Å². The second-order valence-electron chi connectivity index (χ2n) is 9.60. The monoisotopic (exact) mass is 527 g/mol. The van der Waals surface area contributed by atoms with Crippen LogP contribution in [0.25, 0.3) is 0 Å². The molecule has 0 aliphatic carbocycles. The number of nitrogens with zero attached hydrogens (tertiary/aromatic N) is 3. The van der Waals surface area contributed by atoms with E-state index in [1.807, 2.05) is 4.90 Å². The van der Waals surface area contributed by atoms with E-state index in [2.05, 4.69) is 40.8 Å². The van der Waals surface area contributed by atoms with Gasteiger partial charge in [-0.25, -0.2) is 19.5 Å². The lowest BCUT2D eigenvalue weighted by molar-refractivity contribution is 0.0600. The maximum Gasteiger partial charge on any atom is 0.337 e. The van der Waals surface area contributed by atoms with E-state index in [0.29, 0.717) is 29.5 Å². The molecule has 1 aliphatic rings. The van der Waals surface area contributed by atoms with Crippen LogP contribution in [0.3, 0.4) is 0 Å². The lowest BCUT2D eigenvalue weighted by Gasteiger charge is -2.33. The molecule has 37 heavy (non-hydrogen) atoms. The number of esters is 1. The van der Waals surface area contributed by atoms with Crippen molar-refractivity contribution in [3.63, 3.8) is 0 Å². The minimum Gasteiger partial charge on any atom is -0.465 e. The van der Waals surface area contributed by atoms with Gasteiger partial charge in [-0.1, -0.05) is 19.1 Å². The highest BCUT2D eigenvalue weighted by Gasteiger charge is 2.39. The molecule has 2 N–H and O–H groups in total. The van der Waals surface area contributed by atoms with Gasteiger partial charge >= 0.3 is 5.97 Å². The first-order chi connectivity index (χ1) is 17.5. The fraction of sp³-hybridized carbons (Fsp3) is 0.308. The molecule has 1 amide bonds. The molecule has 2 aromatic heterocycles. The van der Waals surface area contributed by atoms with Crippen LogP contribution in [0.15, 0.2) is 65.8 Å². The molecule has 1 unspecified atom stereocenters. The standard InChI is InChI=1S/C26H29N5O5S.2H2/c1-17-15-26(2,3)31(16-17)23-20(10-7-13-27-23)24(32)30-37(34,35)22-12-6-11-21(29-22)28-19-9-5-8-18(14-19)25(33)36-4;;/h5-14,17H,15-16H2,1-4H3,(H,28,29)(H,30,32);2*1H. The van der Waals surface area contributed by atoms with Gasteiger partial charge in [-0.2, -0.15) is 8.42 Å². The molecule has 10 nitrogen and oxygen atoms in total. The minimum atomic E-state index is -4.30. The van der Waals surface area contributed by atoms with Crippen molar-refractivity contribution in [2.75, 3.05) is 23.9 Å². The number of hydrogen-bond acceptors (Lipinski definition) is 9. The van der Waals surface area contributed by atoms with Gasteiger partial charge in [0.25, 0.3) is 15.9 Å². The number of anilines is 3. The van der Waals surface area contributed by atoms with Gasteiger partial charge in [0.2, 0.25) is 0 Å². The zero-order chi connectivity index (χ0) is 26.8. The highest BCUT2D eigenvalue weighted by Crippen LogP contribution is 2.37. The van der Waals surface area contributed by atoms with Gasteiger partial charge in [-0.3, -0.25) is 4.79 Å². The Balaban J connectivity index is 0.00000267. The fourth-order valence-corrected chi connectivity index (χ4v) is 5.54. The maximum absolute atomic E-state index is 13.2. The Bertz CT molecular complexity index is 1450. The molecule has 0 spiro atoms. The maximum atomic E-state index is 13.2. The molecule has 0 saturated carbocycles. The van der Waals surface area contributed by atoms with Crippen LogP contribution in [0.4, 0.5) is 17.3 Å². The van der Waals surface area contributed by atoms with E-state index in [4.69, 9.17) is 4.74 Å².